The Bertz CT molecular complexity index is 1640. The highest BCUT2D eigenvalue weighted by atomic mass is 35.5. The first-order valence-electron chi connectivity index (χ1n) is 9.70. The van der Waals surface area contributed by atoms with Crippen LogP contribution in [0.2, 0.25) is 9.36 Å². The van der Waals surface area contributed by atoms with Crippen LogP contribution in [0.3, 0.4) is 0 Å². The van der Waals surface area contributed by atoms with Gasteiger partial charge in [0.05, 0.1) is 25.9 Å². The van der Waals surface area contributed by atoms with Gasteiger partial charge in [-0.15, -0.1) is 11.3 Å². The summed E-state index contributed by atoms with van der Waals surface area (Å²) in [6.45, 7) is 0. The quantitative estimate of drug-likeness (QED) is 0.369. The molecular weight excluding hydrogens is 523 g/mol. The fourth-order valence-electron chi connectivity index (χ4n) is 3.32. The van der Waals surface area contributed by atoms with Gasteiger partial charge in [-0.3, -0.25) is 9.59 Å². The molecule has 9 nitrogen and oxygen atoms in total. The number of pyridine rings is 1. The van der Waals surface area contributed by atoms with Gasteiger partial charge < -0.3 is 10.3 Å². The number of H-pyrrole nitrogens is 1. The maximum Gasteiger partial charge on any atom is 0.334 e. The summed E-state index contributed by atoms with van der Waals surface area (Å²) >= 11 is 12.8. The standard InChI is InChI=1S/C21H16Cl2N4O5S2/c1-24-16-8-15-13(7-14(16)22)20(29)27(21(30)26-15)18-4-2-11(9-25-18)6-12(28)10-34(31,32)19-5-3-17(23)33-19/h2-5,7-9,24H,6,10H2,1H3,(H,26,30). The minimum atomic E-state index is -3.79. The smallest absolute Gasteiger partial charge is 0.334 e. The van der Waals surface area contributed by atoms with Crippen LogP contribution in [-0.2, 0) is 21.1 Å². The SMILES string of the molecule is CNc1cc2[nH]c(=O)n(-c3ccc(CC(=O)CS(=O)(=O)c4ccc(Cl)s4)cn3)c(=O)c2cc1Cl. The van der Waals surface area contributed by atoms with E-state index in [2.05, 4.69) is 15.3 Å². The van der Waals surface area contributed by atoms with Gasteiger partial charge in [-0.2, -0.15) is 0 Å². The van der Waals surface area contributed by atoms with E-state index in [0.29, 0.717) is 26.1 Å². The molecule has 0 aliphatic heterocycles. The minimum absolute atomic E-state index is 0.0242. The molecule has 0 aliphatic carbocycles. The van der Waals surface area contributed by atoms with Crippen molar-refractivity contribution in [1.29, 1.82) is 0 Å². The van der Waals surface area contributed by atoms with Crippen LogP contribution in [-0.4, -0.2) is 41.5 Å². The third-order valence-corrected chi connectivity index (χ3v) is 8.70. The highest BCUT2D eigenvalue weighted by Gasteiger charge is 2.21. The zero-order valence-corrected chi connectivity index (χ0v) is 20.6. The maximum atomic E-state index is 13.0. The number of thiophene rings is 1. The lowest BCUT2D eigenvalue weighted by Gasteiger charge is -2.09. The molecule has 0 saturated carbocycles. The molecule has 4 rings (SSSR count). The van der Waals surface area contributed by atoms with E-state index in [9.17, 15) is 22.8 Å². The number of hydrogen-bond donors (Lipinski definition) is 2. The van der Waals surface area contributed by atoms with Crippen LogP contribution in [0.25, 0.3) is 16.7 Å². The van der Waals surface area contributed by atoms with E-state index in [1.165, 1.54) is 36.5 Å². The number of Topliss-reactive ketones (excluding diaryl/α,β-unsaturated/α-hetero) is 1. The summed E-state index contributed by atoms with van der Waals surface area (Å²) < 4.78 is 25.9. The first-order valence-corrected chi connectivity index (χ1v) is 12.9. The van der Waals surface area contributed by atoms with Crippen LogP contribution < -0.4 is 16.6 Å². The Morgan fingerprint density at radius 1 is 1.18 bits per heavy atom. The van der Waals surface area contributed by atoms with Gasteiger partial charge in [0.2, 0.25) is 0 Å². The largest absolute Gasteiger partial charge is 0.387 e. The van der Waals surface area contributed by atoms with E-state index >= 15 is 0 Å². The molecule has 34 heavy (non-hydrogen) atoms. The number of carbonyl (C=O) groups is 1. The van der Waals surface area contributed by atoms with Crippen molar-refractivity contribution in [2.24, 2.45) is 0 Å². The van der Waals surface area contributed by atoms with Crippen molar-refractivity contribution in [3.05, 3.63) is 78.4 Å². The van der Waals surface area contributed by atoms with Crippen LogP contribution in [0, 0.1) is 0 Å². The number of fused-ring (bicyclic) bond motifs is 1. The van der Waals surface area contributed by atoms with Crippen LogP contribution in [0.1, 0.15) is 5.56 Å². The highest BCUT2D eigenvalue weighted by Crippen LogP contribution is 2.27. The second-order valence-corrected chi connectivity index (χ2v) is 11.6. The average Bonchev–Trinajstić information content (AvgIpc) is 3.22. The summed E-state index contributed by atoms with van der Waals surface area (Å²) in [4.78, 5) is 44.6. The molecule has 3 heterocycles. The van der Waals surface area contributed by atoms with Gasteiger partial charge in [0.1, 0.15) is 15.8 Å². The number of halogens is 2. The highest BCUT2D eigenvalue weighted by molar-refractivity contribution is 7.94. The number of rotatable bonds is 7. The Balaban J connectivity index is 1.58. The Kier molecular flexibility index (Phi) is 6.63. The number of sulfone groups is 1. The second kappa shape index (κ2) is 9.34. The molecule has 176 valence electrons. The van der Waals surface area contributed by atoms with Crippen LogP contribution in [0.4, 0.5) is 5.69 Å². The fourth-order valence-corrected chi connectivity index (χ4v) is 6.39. The summed E-state index contributed by atoms with van der Waals surface area (Å²) in [7, 11) is -2.13. The van der Waals surface area contributed by atoms with E-state index in [0.717, 1.165) is 15.9 Å². The molecule has 0 spiro atoms. The number of nitrogens with zero attached hydrogens (tertiary/aromatic N) is 2. The first-order chi connectivity index (χ1) is 16.1. The zero-order valence-electron chi connectivity index (χ0n) is 17.5. The Morgan fingerprint density at radius 2 is 1.94 bits per heavy atom. The lowest BCUT2D eigenvalue weighted by atomic mass is 10.1. The second-order valence-electron chi connectivity index (χ2n) is 7.26. The molecule has 0 unspecified atom stereocenters. The number of aromatic amines is 1. The van der Waals surface area contributed by atoms with Crippen molar-refractivity contribution < 1.29 is 13.2 Å². The van der Waals surface area contributed by atoms with Crippen molar-refractivity contribution in [3.8, 4) is 5.82 Å². The van der Waals surface area contributed by atoms with E-state index in [-0.39, 0.29) is 21.8 Å². The molecular formula is C21H16Cl2N4O5S2. The predicted octanol–water partition coefficient (Wildman–Crippen LogP) is 3.07. The van der Waals surface area contributed by atoms with Crippen molar-refractivity contribution >= 4 is 66.7 Å². The zero-order chi connectivity index (χ0) is 24.6. The number of nitrogens with one attached hydrogen (secondary N) is 2. The number of hydrogen-bond acceptors (Lipinski definition) is 8. The van der Waals surface area contributed by atoms with Gasteiger partial charge >= 0.3 is 5.69 Å². The first kappa shape index (κ1) is 24.1. The summed E-state index contributed by atoms with van der Waals surface area (Å²) in [5.41, 5.74) is -0.00636. The lowest BCUT2D eigenvalue weighted by molar-refractivity contribution is -0.116. The summed E-state index contributed by atoms with van der Waals surface area (Å²) in [5.74, 6) is -1.17. The number of carbonyl (C=O) groups excluding carboxylic acids is 1. The molecule has 3 aromatic heterocycles. The molecule has 1 aromatic carbocycles. The molecule has 2 N–H and O–H groups in total. The van der Waals surface area contributed by atoms with Gasteiger partial charge in [0.25, 0.3) is 5.56 Å². The van der Waals surface area contributed by atoms with Gasteiger partial charge in [-0.05, 0) is 35.9 Å². The Hall–Kier alpha value is -2.99. The average molecular weight is 539 g/mol. The molecule has 0 radical (unpaired) electrons. The van der Waals surface area contributed by atoms with Crippen LogP contribution in [0.15, 0.2) is 56.4 Å². The van der Waals surface area contributed by atoms with E-state index in [1.807, 2.05) is 0 Å². The molecule has 0 atom stereocenters. The maximum absolute atomic E-state index is 13.0. The summed E-state index contributed by atoms with van der Waals surface area (Å²) in [5, 5.41) is 3.38. The monoisotopic (exact) mass is 538 g/mol. The van der Waals surface area contributed by atoms with Crippen LogP contribution >= 0.6 is 34.5 Å². The molecule has 13 heteroatoms. The normalized spacial score (nSPS) is 11.6. The van der Waals surface area contributed by atoms with Crippen molar-refractivity contribution in [1.82, 2.24) is 14.5 Å². The van der Waals surface area contributed by atoms with Crippen molar-refractivity contribution in [3.63, 3.8) is 0 Å². The third-order valence-electron chi connectivity index (χ3n) is 4.90. The van der Waals surface area contributed by atoms with E-state index in [1.54, 1.807) is 13.1 Å². The van der Waals surface area contributed by atoms with E-state index < -0.39 is 32.6 Å². The van der Waals surface area contributed by atoms with Gasteiger partial charge in [-0.25, -0.2) is 22.8 Å². The Labute approximate surface area is 206 Å². The summed E-state index contributed by atoms with van der Waals surface area (Å²) in [6.07, 6.45) is 1.13. The van der Waals surface area contributed by atoms with Crippen LogP contribution in [0.5, 0.6) is 0 Å². The topological polar surface area (TPSA) is 131 Å². The van der Waals surface area contributed by atoms with Gasteiger partial charge in [0, 0.05) is 19.7 Å². The number of anilines is 1. The Morgan fingerprint density at radius 3 is 2.56 bits per heavy atom. The summed E-state index contributed by atoms with van der Waals surface area (Å²) in [6, 6.07) is 8.73. The minimum Gasteiger partial charge on any atom is -0.387 e. The van der Waals surface area contributed by atoms with E-state index in [4.69, 9.17) is 23.2 Å². The van der Waals surface area contributed by atoms with Crippen molar-refractivity contribution in [2.45, 2.75) is 10.6 Å². The molecule has 0 aliphatic rings. The van der Waals surface area contributed by atoms with Gasteiger partial charge in [0.15, 0.2) is 15.6 Å². The predicted molar refractivity (Wildman–Crippen MR) is 133 cm³/mol. The van der Waals surface area contributed by atoms with Gasteiger partial charge in [-0.1, -0.05) is 29.3 Å². The lowest BCUT2D eigenvalue weighted by Crippen LogP contribution is -2.34. The molecule has 0 bridgehead atoms. The molecule has 0 amide bonds. The molecule has 0 saturated heterocycles. The van der Waals surface area contributed by atoms with Crippen molar-refractivity contribution in [2.75, 3.05) is 18.1 Å². The fraction of sp³-hybridized carbons (Fsp3) is 0.143. The number of benzene rings is 1. The molecule has 0 fully saturated rings. The molecule has 4 aromatic rings. The number of aromatic nitrogens is 3. The number of ketones is 1. The third kappa shape index (κ3) is 4.78.